The number of carbonyl (C=O) groups is 1. The molecule has 0 spiro atoms. The zero-order valence-corrected chi connectivity index (χ0v) is 22.0. The SMILES string of the molecule is C=C(C)[C@@H]1C[C@@H](c2ccc(Cl)cc2)[C@@H](C2CCCC2)O[C@H]1c1c(C)cc(C)c(C)c1OCC(=O)O. The molecule has 0 aromatic heterocycles. The number of aryl methyl sites for hydroxylation is 2. The van der Waals surface area contributed by atoms with Gasteiger partial charge in [-0.2, -0.15) is 0 Å². The number of aliphatic carboxylic acids is 1. The highest BCUT2D eigenvalue weighted by molar-refractivity contribution is 6.30. The van der Waals surface area contributed by atoms with Crippen LogP contribution in [0.3, 0.4) is 0 Å². The van der Waals surface area contributed by atoms with E-state index in [4.69, 9.17) is 21.1 Å². The lowest BCUT2D eigenvalue weighted by atomic mass is 9.72. The van der Waals surface area contributed by atoms with Crippen molar-refractivity contribution in [3.05, 3.63) is 75.3 Å². The second kappa shape index (κ2) is 10.8. The Bertz CT molecular complexity index is 1080. The highest BCUT2D eigenvalue weighted by Gasteiger charge is 2.45. The molecule has 188 valence electrons. The minimum Gasteiger partial charge on any atom is -0.481 e. The molecular weight excluding hydrogens is 460 g/mol. The molecule has 5 heteroatoms. The van der Waals surface area contributed by atoms with Crippen LogP contribution in [0.2, 0.25) is 5.02 Å². The van der Waals surface area contributed by atoms with Crippen molar-refractivity contribution in [3.8, 4) is 5.75 Å². The van der Waals surface area contributed by atoms with Gasteiger partial charge >= 0.3 is 5.97 Å². The lowest BCUT2D eigenvalue weighted by Crippen LogP contribution is -2.40. The molecule has 1 aliphatic heterocycles. The van der Waals surface area contributed by atoms with E-state index in [1.807, 2.05) is 26.0 Å². The van der Waals surface area contributed by atoms with Crippen LogP contribution in [0.1, 0.15) is 78.9 Å². The first-order valence-electron chi connectivity index (χ1n) is 12.7. The van der Waals surface area contributed by atoms with Gasteiger partial charge in [-0.25, -0.2) is 4.79 Å². The van der Waals surface area contributed by atoms with Crippen molar-refractivity contribution in [2.75, 3.05) is 6.61 Å². The average molecular weight is 497 g/mol. The Hall–Kier alpha value is -2.30. The summed E-state index contributed by atoms with van der Waals surface area (Å²) in [4.78, 5) is 11.4. The normalized spacial score (nSPS) is 24.9. The third-order valence-electron chi connectivity index (χ3n) is 8.03. The van der Waals surface area contributed by atoms with Gasteiger partial charge in [-0.05, 0) is 87.3 Å². The largest absolute Gasteiger partial charge is 0.481 e. The number of rotatable bonds is 7. The summed E-state index contributed by atoms with van der Waals surface area (Å²) in [5.41, 5.74) is 6.42. The summed E-state index contributed by atoms with van der Waals surface area (Å²) in [5.74, 6) is 0.503. The van der Waals surface area contributed by atoms with Gasteiger partial charge in [0.15, 0.2) is 6.61 Å². The van der Waals surface area contributed by atoms with Crippen molar-refractivity contribution in [1.82, 2.24) is 0 Å². The lowest BCUT2D eigenvalue weighted by Gasteiger charge is -2.45. The molecule has 0 amide bonds. The summed E-state index contributed by atoms with van der Waals surface area (Å²) in [6.07, 6.45) is 5.59. The summed E-state index contributed by atoms with van der Waals surface area (Å²) in [7, 11) is 0. The van der Waals surface area contributed by atoms with Gasteiger partial charge in [0.1, 0.15) is 5.75 Å². The summed E-state index contributed by atoms with van der Waals surface area (Å²) < 4.78 is 13.1. The van der Waals surface area contributed by atoms with Gasteiger partial charge in [0, 0.05) is 22.4 Å². The van der Waals surface area contributed by atoms with E-state index in [1.165, 1.54) is 31.2 Å². The van der Waals surface area contributed by atoms with Crippen molar-refractivity contribution in [3.63, 3.8) is 0 Å². The zero-order chi connectivity index (χ0) is 25.3. The van der Waals surface area contributed by atoms with Crippen molar-refractivity contribution >= 4 is 17.6 Å². The van der Waals surface area contributed by atoms with Crippen molar-refractivity contribution in [2.45, 2.75) is 77.9 Å². The van der Waals surface area contributed by atoms with Crippen LogP contribution >= 0.6 is 11.6 Å². The van der Waals surface area contributed by atoms with Crippen molar-refractivity contribution in [2.24, 2.45) is 11.8 Å². The second-order valence-corrected chi connectivity index (χ2v) is 10.9. The van der Waals surface area contributed by atoms with E-state index in [-0.39, 0.29) is 30.7 Å². The fourth-order valence-electron chi connectivity index (χ4n) is 6.12. The fourth-order valence-corrected chi connectivity index (χ4v) is 6.25. The van der Waals surface area contributed by atoms with Crippen LogP contribution in [-0.2, 0) is 9.53 Å². The molecule has 2 aliphatic rings. The van der Waals surface area contributed by atoms with Gasteiger partial charge in [0.05, 0.1) is 12.2 Å². The zero-order valence-electron chi connectivity index (χ0n) is 21.3. The monoisotopic (exact) mass is 496 g/mol. The quantitative estimate of drug-likeness (QED) is 0.398. The first-order chi connectivity index (χ1) is 16.7. The Morgan fingerprint density at radius 2 is 1.80 bits per heavy atom. The fraction of sp³-hybridized carbons (Fsp3) is 0.500. The maximum absolute atomic E-state index is 11.4. The Morgan fingerprint density at radius 1 is 1.14 bits per heavy atom. The molecule has 2 aromatic rings. The first-order valence-corrected chi connectivity index (χ1v) is 13.1. The van der Waals surface area contributed by atoms with Gasteiger partial charge < -0.3 is 14.6 Å². The molecule has 1 heterocycles. The van der Waals surface area contributed by atoms with E-state index >= 15 is 0 Å². The standard InChI is InChI=1S/C30H37ClO4/c1-17(2)24-15-25(21-10-12-23(31)13-11-21)29(22-8-6-7-9-22)35-30(24)27-19(4)14-18(3)20(5)28(27)34-16-26(32)33/h10-14,22,24-25,29-30H,1,6-9,15-16H2,2-5H3,(H,32,33)/t24-,25-,29+,30+/m0/s1. The van der Waals surface area contributed by atoms with Gasteiger partial charge in [-0.3, -0.25) is 0 Å². The van der Waals surface area contributed by atoms with E-state index < -0.39 is 5.97 Å². The number of carboxylic acids is 1. The van der Waals surface area contributed by atoms with Crippen LogP contribution in [0, 0.1) is 32.6 Å². The summed E-state index contributed by atoms with van der Waals surface area (Å²) in [5, 5.41) is 10.1. The number of hydrogen-bond acceptors (Lipinski definition) is 3. The molecule has 35 heavy (non-hydrogen) atoms. The van der Waals surface area contributed by atoms with Gasteiger partial charge in [-0.15, -0.1) is 0 Å². The van der Waals surface area contributed by atoms with Gasteiger partial charge in [0.25, 0.3) is 0 Å². The maximum Gasteiger partial charge on any atom is 0.341 e. The minimum atomic E-state index is -0.984. The molecule has 4 nitrogen and oxygen atoms in total. The number of hydrogen-bond donors (Lipinski definition) is 1. The molecule has 1 aliphatic carbocycles. The number of carboxylic acid groups (broad SMARTS) is 1. The van der Waals surface area contributed by atoms with Crippen LogP contribution in [0.5, 0.6) is 5.75 Å². The summed E-state index contributed by atoms with van der Waals surface area (Å²) >= 11 is 6.21. The van der Waals surface area contributed by atoms with Crippen LogP contribution in [-0.4, -0.2) is 23.8 Å². The minimum absolute atomic E-state index is 0.0765. The van der Waals surface area contributed by atoms with Gasteiger partial charge in [0.2, 0.25) is 0 Å². The highest BCUT2D eigenvalue weighted by atomic mass is 35.5. The third-order valence-corrected chi connectivity index (χ3v) is 8.28. The molecule has 4 rings (SSSR count). The van der Waals surface area contributed by atoms with Gasteiger partial charge in [-0.1, -0.05) is 54.8 Å². The van der Waals surface area contributed by atoms with Crippen LogP contribution < -0.4 is 4.74 Å². The predicted molar refractivity (Wildman–Crippen MR) is 140 cm³/mol. The molecule has 2 fully saturated rings. The van der Waals surface area contributed by atoms with Crippen LogP contribution in [0.4, 0.5) is 0 Å². The molecule has 4 atom stereocenters. The predicted octanol–water partition coefficient (Wildman–Crippen LogP) is 7.72. The number of halogens is 1. The maximum atomic E-state index is 11.4. The van der Waals surface area contributed by atoms with E-state index in [0.717, 1.165) is 39.3 Å². The molecule has 1 saturated carbocycles. The summed E-state index contributed by atoms with van der Waals surface area (Å²) in [6.45, 7) is 12.2. The smallest absolute Gasteiger partial charge is 0.341 e. The first kappa shape index (κ1) is 25.8. The Morgan fingerprint density at radius 3 is 2.40 bits per heavy atom. The van der Waals surface area contributed by atoms with E-state index in [0.29, 0.717) is 11.7 Å². The van der Waals surface area contributed by atoms with Crippen molar-refractivity contribution in [1.29, 1.82) is 0 Å². The average Bonchev–Trinajstić information content (AvgIpc) is 3.35. The Labute approximate surface area is 214 Å². The van der Waals surface area contributed by atoms with Crippen LogP contribution in [0.25, 0.3) is 0 Å². The number of ether oxygens (including phenoxy) is 2. The Balaban J connectivity index is 1.80. The lowest BCUT2D eigenvalue weighted by molar-refractivity contribution is -0.139. The molecule has 0 unspecified atom stereocenters. The van der Waals surface area contributed by atoms with Crippen LogP contribution in [0.15, 0.2) is 42.5 Å². The topological polar surface area (TPSA) is 55.8 Å². The molecule has 1 saturated heterocycles. The second-order valence-electron chi connectivity index (χ2n) is 10.5. The molecule has 0 bridgehead atoms. The van der Waals surface area contributed by atoms with E-state index in [1.54, 1.807) is 0 Å². The molecule has 2 aromatic carbocycles. The van der Waals surface area contributed by atoms with Crippen molar-refractivity contribution < 1.29 is 19.4 Å². The highest BCUT2D eigenvalue weighted by Crippen LogP contribution is 2.53. The Kier molecular flexibility index (Phi) is 7.92. The molecule has 1 N–H and O–H groups in total. The van der Waals surface area contributed by atoms with E-state index in [2.05, 4.69) is 38.6 Å². The van der Waals surface area contributed by atoms with E-state index in [9.17, 15) is 9.90 Å². The molecule has 0 radical (unpaired) electrons. The number of benzene rings is 2. The molecular formula is C30H37ClO4. The third kappa shape index (κ3) is 5.44. The summed E-state index contributed by atoms with van der Waals surface area (Å²) in [6, 6.07) is 10.4.